The van der Waals surface area contributed by atoms with Crippen LogP contribution in [0.1, 0.15) is 15.9 Å². The van der Waals surface area contributed by atoms with Gasteiger partial charge in [-0.15, -0.1) is 0 Å². The molecule has 10 heteroatoms. The Bertz CT molecular complexity index is 1350. The number of carbonyl (C=O) groups excluding carboxylic acids is 1. The van der Waals surface area contributed by atoms with Crippen LogP contribution in [0.25, 0.3) is 0 Å². The number of aryl methyl sites for hydroxylation is 1. The summed E-state index contributed by atoms with van der Waals surface area (Å²) >= 11 is 0. The van der Waals surface area contributed by atoms with Crippen LogP contribution in [0.5, 0.6) is 0 Å². The van der Waals surface area contributed by atoms with Gasteiger partial charge in [0.05, 0.1) is 28.1 Å². The molecule has 1 amide bonds. The quantitative estimate of drug-likeness (QED) is 0.546. The molecule has 0 unspecified atom stereocenters. The molecule has 0 spiro atoms. The van der Waals surface area contributed by atoms with Gasteiger partial charge in [0.2, 0.25) is 10.0 Å². The van der Waals surface area contributed by atoms with Gasteiger partial charge in [-0.3, -0.25) is 13.8 Å². The zero-order valence-electron chi connectivity index (χ0n) is 17.7. The molecule has 32 heavy (non-hydrogen) atoms. The second kappa shape index (κ2) is 9.01. The van der Waals surface area contributed by atoms with Gasteiger partial charge in [-0.2, -0.15) is 0 Å². The zero-order chi connectivity index (χ0) is 23.5. The number of hydrogen-bond donors (Lipinski definition) is 2. The molecule has 168 valence electrons. The first-order chi connectivity index (χ1) is 15.0. The van der Waals surface area contributed by atoms with Gasteiger partial charge in [-0.25, -0.2) is 16.8 Å². The van der Waals surface area contributed by atoms with Gasteiger partial charge in [-0.05, 0) is 55.0 Å². The summed E-state index contributed by atoms with van der Waals surface area (Å²) in [5.41, 5.74) is 2.03. The van der Waals surface area contributed by atoms with Gasteiger partial charge in [0, 0.05) is 12.7 Å². The predicted octanol–water partition coefficient (Wildman–Crippen LogP) is 3.44. The van der Waals surface area contributed by atoms with Crippen molar-refractivity contribution in [3.63, 3.8) is 0 Å². The number of anilines is 3. The zero-order valence-corrected chi connectivity index (χ0v) is 19.4. The maximum Gasteiger partial charge on any atom is 0.261 e. The highest BCUT2D eigenvalue weighted by Gasteiger charge is 2.20. The molecule has 0 aliphatic heterocycles. The Balaban J connectivity index is 1.80. The molecule has 0 aliphatic rings. The molecule has 0 heterocycles. The molecule has 3 aromatic rings. The third kappa shape index (κ3) is 5.27. The van der Waals surface area contributed by atoms with Crippen LogP contribution in [-0.4, -0.2) is 36.0 Å². The van der Waals surface area contributed by atoms with E-state index in [1.807, 2.05) is 6.07 Å². The van der Waals surface area contributed by atoms with Gasteiger partial charge in [0.1, 0.15) is 0 Å². The molecule has 3 aromatic carbocycles. The fraction of sp³-hybridized carbons (Fsp3) is 0.136. The summed E-state index contributed by atoms with van der Waals surface area (Å²) in [6.07, 6.45) is 1.05. The number of benzene rings is 3. The Labute approximate surface area is 188 Å². The van der Waals surface area contributed by atoms with Crippen LogP contribution in [0.3, 0.4) is 0 Å². The average molecular weight is 474 g/mol. The summed E-state index contributed by atoms with van der Waals surface area (Å²) in [4.78, 5) is 12.8. The fourth-order valence-electron chi connectivity index (χ4n) is 2.93. The predicted molar refractivity (Wildman–Crippen MR) is 126 cm³/mol. The van der Waals surface area contributed by atoms with Crippen molar-refractivity contribution in [2.45, 2.75) is 11.8 Å². The number of nitrogens with zero attached hydrogens (tertiary/aromatic N) is 1. The highest BCUT2D eigenvalue weighted by molar-refractivity contribution is 7.92. The molecule has 8 nitrogen and oxygen atoms in total. The molecular weight excluding hydrogens is 450 g/mol. The van der Waals surface area contributed by atoms with Gasteiger partial charge < -0.3 is 5.32 Å². The van der Waals surface area contributed by atoms with Crippen LogP contribution >= 0.6 is 0 Å². The van der Waals surface area contributed by atoms with E-state index < -0.39 is 26.0 Å². The van der Waals surface area contributed by atoms with E-state index in [1.165, 1.54) is 43.4 Å². The Morgan fingerprint density at radius 1 is 0.844 bits per heavy atom. The third-order valence-electron chi connectivity index (χ3n) is 4.80. The molecule has 0 aliphatic carbocycles. The Kier molecular flexibility index (Phi) is 6.56. The number of rotatable bonds is 7. The molecule has 0 atom stereocenters. The van der Waals surface area contributed by atoms with Crippen molar-refractivity contribution in [3.05, 3.63) is 83.9 Å². The fourth-order valence-corrected chi connectivity index (χ4v) is 4.57. The van der Waals surface area contributed by atoms with E-state index in [1.54, 1.807) is 37.3 Å². The maximum atomic E-state index is 12.8. The minimum absolute atomic E-state index is 0.0379. The monoisotopic (exact) mass is 473 g/mol. The molecule has 2 N–H and O–H groups in total. The Hall–Kier alpha value is -3.37. The van der Waals surface area contributed by atoms with Crippen molar-refractivity contribution in [1.29, 1.82) is 0 Å². The first-order valence-electron chi connectivity index (χ1n) is 9.52. The standard InChI is InChI=1S/C22H23N3O5S2/c1-16-8-4-6-10-20(16)24-32(29,30)18-14-12-17(13-15-18)23-22(26)19-9-5-7-11-21(19)25(2)31(3,27)28/h4-15,24H,1-3H3,(H,23,26). The Morgan fingerprint density at radius 3 is 2.06 bits per heavy atom. The van der Waals surface area contributed by atoms with E-state index in [-0.39, 0.29) is 16.1 Å². The van der Waals surface area contributed by atoms with Gasteiger partial charge in [0.15, 0.2) is 0 Å². The van der Waals surface area contributed by atoms with E-state index in [2.05, 4.69) is 10.0 Å². The van der Waals surface area contributed by atoms with Crippen molar-refractivity contribution in [2.24, 2.45) is 0 Å². The van der Waals surface area contributed by atoms with Crippen LogP contribution in [0.4, 0.5) is 17.1 Å². The first-order valence-corrected chi connectivity index (χ1v) is 12.8. The highest BCUT2D eigenvalue weighted by Crippen LogP contribution is 2.24. The minimum atomic E-state index is -3.80. The summed E-state index contributed by atoms with van der Waals surface area (Å²) in [6, 6.07) is 19.0. The molecular formula is C22H23N3O5S2. The summed E-state index contributed by atoms with van der Waals surface area (Å²) in [5, 5.41) is 2.67. The lowest BCUT2D eigenvalue weighted by molar-refractivity contribution is 0.102. The highest BCUT2D eigenvalue weighted by atomic mass is 32.2. The van der Waals surface area contributed by atoms with E-state index in [9.17, 15) is 21.6 Å². The lowest BCUT2D eigenvalue weighted by atomic mass is 10.1. The Morgan fingerprint density at radius 2 is 1.44 bits per heavy atom. The SMILES string of the molecule is Cc1ccccc1NS(=O)(=O)c1ccc(NC(=O)c2ccccc2N(C)S(C)(=O)=O)cc1. The average Bonchev–Trinajstić information content (AvgIpc) is 2.74. The number of hydrogen-bond acceptors (Lipinski definition) is 5. The normalized spacial score (nSPS) is 11.6. The molecule has 0 bridgehead atoms. The molecule has 0 saturated heterocycles. The van der Waals surface area contributed by atoms with Crippen molar-refractivity contribution >= 4 is 43.0 Å². The van der Waals surface area contributed by atoms with Gasteiger partial charge in [-0.1, -0.05) is 30.3 Å². The second-order valence-electron chi connectivity index (χ2n) is 7.15. The molecule has 0 radical (unpaired) electrons. The lowest BCUT2D eigenvalue weighted by Crippen LogP contribution is -2.27. The second-order valence-corrected chi connectivity index (χ2v) is 10.8. The number of nitrogens with one attached hydrogen (secondary N) is 2. The van der Waals surface area contributed by atoms with Crippen LogP contribution in [0, 0.1) is 6.92 Å². The summed E-state index contributed by atoms with van der Waals surface area (Å²) < 4.78 is 52.7. The summed E-state index contributed by atoms with van der Waals surface area (Å²) in [7, 11) is -6.00. The van der Waals surface area contributed by atoms with Crippen LogP contribution in [0.2, 0.25) is 0 Å². The lowest BCUT2D eigenvalue weighted by Gasteiger charge is -2.19. The number of carbonyl (C=O) groups is 1. The smallest absolute Gasteiger partial charge is 0.261 e. The number of para-hydroxylation sites is 2. The van der Waals surface area contributed by atoms with E-state index in [4.69, 9.17) is 0 Å². The largest absolute Gasteiger partial charge is 0.322 e. The summed E-state index contributed by atoms with van der Waals surface area (Å²) in [5.74, 6) is -0.523. The molecule has 0 fully saturated rings. The minimum Gasteiger partial charge on any atom is -0.322 e. The van der Waals surface area contributed by atoms with Crippen molar-refractivity contribution in [2.75, 3.05) is 27.6 Å². The molecule has 3 rings (SSSR count). The van der Waals surface area contributed by atoms with E-state index >= 15 is 0 Å². The number of sulfonamides is 2. The van der Waals surface area contributed by atoms with Crippen LogP contribution < -0.4 is 14.3 Å². The first kappa shape index (κ1) is 23.3. The van der Waals surface area contributed by atoms with Gasteiger partial charge >= 0.3 is 0 Å². The third-order valence-corrected chi connectivity index (χ3v) is 7.37. The van der Waals surface area contributed by atoms with Crippen LogP contribution in [-0.2, 0) is 20.0 Å². The van der Waals surface area contributed by atoms with Crippen molar-refractivity contribution in [1.82, 2.24) is 0 Å². The summed E-state index contributed by atoms with van der Waals surface area (Å²) in [6.45, 7) is 1.80. The molecule has 0 saturated carbocycles. The topological polar surface area (TPSA) is 113 Å². The molecule has 0 aromatic heterocycles. The maximum absolute atomic E-state index is 12.8. The van der Waals surface area contributed by atoms with Crippen LogP contribution in [0.15, 0.2) is 77.7 Å². The van der Waals surface area contributed by atoms with Gasteiger partial charge in [0.25, 0.3) is 15.9 Å². The van der Waals surface area contributed by atoms with E-state index in [0.717, 1.165) is 16.1 Å². The van der Waals surface area contributed by atoms with Crippen molar-refractivity contribution < 1.29 is 21.6 Å². The van der Waals surface area contributed by atoms with Crippen molar-refractivity contribution in [3.8, 4) is 0 Å². The number of amides is 1. The van der Waals surface area contributed by atoms with E-state index in [0.29, 0.717) is 11.4 Å².